The zero-order valence-electron chi connectivity index (χ0n) is 15.6. The molecule has 0 N–H and O–H groups in total. The number of hydrogen-bond donors (Lipinski definition) is 0. The normalized spacial score (nSPS) is 17.4. The topological polar surface area (TPSA) is 58.4 Å². The van der Waals surface area contributed by atoms with E-state index in [2.05, 4.69) is 34.1 Å². The number of rotatable bonds is 3. The number of hydrogen-bond acceptors (Lipinski definition) is 4. The summed E-state index contributed by atoms with van der Waals surface area (Å²) in [6.45, 7) is 3.51. The quantitative estimate of drug-likeness (QED) is 0.700. The van der Waals surface area contributed by atoms with Crippen molar-refractivity contribution in [2.24, 2.45) is 0 Å². The minimum absolute atomic E-state index is 0.0205. The number of fused-ring (bicyclic) bond motifs is 2. The summed E-state index contributed by atoms with van der Waals surface area (Å²) in [6, 6.07) is 16.2. The lowest BCUT2D eigenvalue weighted by Crippen LogP contribution is -2.62. The molecule has 28 heavy (non-hydrogen) atoms. The van der Waals surface area contributed by atoms with Gasteiger partial charge in [-0.2, -0.15) is 0 Å². The van der Waals surface area contributed by atoms with Gasteiger partial charge in [0.2, 0.25) is 5.91 Å². The van der Waals surface area contributed by atoms with Gasteiger partial charge in [0.1, 0.15) is 6.54 Å². The molecule has 142 valence electrons. The van der Waals surface area contributed by atoms with E-state index in [0.717, 1.165) is 32.6 Å². The summed E-state index contributed by atoms with van der Waals surface area (Å²) < 4.78 is 1.41. The van der Waals surface area contributed by atoms with Gasteiger partial charge in [0.05, 0.1) is 17.2 Å². The van der Waals surface area contributed by atoms with Crippen molar-refractivity contribution < 1.29 is 4.79 Å². The van der Waals surface area contributed by atoms with Gasteiger partial charge in [0.15, 0.2) is 0 Å². The van der Waals surface area contributed by atoms with Gasteiger partial charge in [-0.25, -0.2) is 4.98 Å². The number of aromatic nitrogens is 2. The molecule has 5 rings (SSSR count). The van der Waals surface area contributed by atoms with E-state index in [0.29, 0.717) is 16.9 Å². The van der Waals surface area contributed by atoms with Gasteiger partial charge < -0.3 is 4.90 Å². The van der Waals surface area contributed by atoms with Crippen LogP contribution in [0.5, 0.6) is 0 Å². The molecule has 3 heterocycles. The molecule has 1 aromatic heterocycles. The Kier molecular flexibility index (Phi) is 4.20. The highest BCUT2D eigenvalue weighted by atomic mass is 16.2. The molecule has 6 nitrogen and oxygen atoms in total. The van der Waals surface area contributed by atoms with E-state index in [9.17, 15) is 9.59 Å². The summed E-state index contributed by atoms with van der Waals surface area (Å²) in [4.78, 5) is 33.8. The van der Waals surface area contributed by atoms with E-state index in [1.165, 1.54) is 22.0 Å². The molecule has 0 unspecified atom stereocenters. The highest BCUT2D eigenvalue weighted by Gasteiger charge is 2.35. The average Bonchev–Trinajstić information content (AvgIpc) is 2.69. The lowest BCUT2D eigenvalue weighted by atomic mass is 9.96. The van der Waals surface area contributed by atoms with Gasteiger partial charge in [-0.15, -0.1) is 0 Å². The van der Waals surface area contributed by atoms with Crippen LogP contribution in [0.15, 0.2) is 59.7 Å². The lowest BCUT2D eigenvalue weighted by Gasteiger charge is -2.47. The molecule has 2 aliphatic heterocycles. The molecule has 1 saturated heterocycles. The monoisotopic (exact) mass is 374 g/mol. The molecule has 2 aliphatic rings. The van der Waals surface area contributed by atoms with Crippen LogP contribution in [0.1, 0.15) is 11.1 Å². The number of para-hydroxylation sites is 1. The second-order valence-corrected chi connectivity index (χ2v) is 7.64. The Morgan fingerprint density at radius 1 is 1.04 bits per heavy atom. The predicted octanol–water partition coefficient (Wildman–Crippen LogP) is 1.67. The van der Waals surface area contributed by atoms with E-state index in [4.69, 9.17) is 0 Å². The first-order valence-electron chi connectivity index (χ1n) is 9.72. The standard InChI is InChI=1S/C22H22N4O2/c27-21(14-26-15-23-20-8-4-3-7-19(20)22(26)28)25-12-18(13-25)24-10-9-16-5-1-2-6-17(16)11-24/h1-8,15,18H,9-14H2. The minimum Gasteiger partial charge on any atom is -0.338 e. The van der Waals surface area contributed by atoms with Crippen LogP contribution in [-0.2, 0) is 24.3 Å². The van der Waals surface area contributed by atoms with Crippen molar-refractivity contribution in [1.82, 2.24) is 19.4 Å². The van der Waals surface area contributed by atoms with Crippen molar-refractivity contribution >= 4 is 16.8 Å². The maximum absolute atomic E-state index is 12.6. The van der Waals surface area contributed by atoms with E-state index in [1.54, 1.807) is 12.1 Å². The zero-order chi connectivity index (χ0) is 19.1. The van der Waals surface area contributed by atoms with Crippen molar-refractivity contribution in [3.05, 3.63) is 76.3 Å². The number of amides is 1. The van der Waals surface area contributed by atoms with Crippen molar-refractivity contribution in [3.8, 4) is 0 Å². The summed E-state index contributed by atoms with van der Waals surface area (Å²) in [5.41, 5.74) is 3.33. The Morgan fingerprint density at radius 3 is 2.64 bits per heavy atom. The largest absolute Gasteiger partial charge is 0.338 e. The zero-order valence-corrected chi connectivity index (χ0v) is 15.6. The van der Waals surface area contributed by atoms with Crippen LogP contribution in [0.4, 0.5) is 0 Å². The van der Waals surface area contributed by atoms with E-state index < -0.39 is 0 Å². The van der Waals surface area contributed by atoms with Crippen molar-refractivity contribution in [1.29, 1.82) is 0 Å². The van der Waals surface area contributed by atoms with Crippen molar-refractivity contribution in [2.45, 2.75) is 25.6 Å². The van der Waals surface area contributed by atoms with E-state index in [-0.39, 0.29) is 18.0 Å². The van der Waals surface area contributed by atoms with Gasteiger partial charge in [0, 0.05) is 32.2 Å². The molecule has 6 heteroatoms. The number of benzene rings is 2. The third kappa shape index (κ3) is 2.99. The van der Waals surface area contributed by atoms with Gasteiger partial charge in [-0.1, -0.05) is 36.4 Å². The van der Waals surface area contributed by atoms with Crippen LogP contribution >= 0.6 is 0 Å². The van der Waals surface area contributed by atoms with Crippen molar-refractivity contribution in [3.63, 3.8) is 0 Å². The van der Waals surface area contributed by atoms with E-state index >= 15 is 0 Å². The van der Waals surface area contributed by atoms with Crippen LogP contribution in [0.3, 0.4) is 0 Å². The number of carbonyl (C=O) groups is 1. The SMILES string of the molecule is O=C(Cn1cnc2ccccc2c1=O)N1CC(N2CCc3ccccc3C2)C1. The number of likely N-dealkylation sites (tertiary alicyclic amines) is 1. The highest BCUT2D eigenvalue weighted by molar-refractivity contribution is 5.79. The molecule has 0 spiro atoms. The first-order valence-corrected chi connectivity index (χ1v) is 9.72. The Morgan fingerprint density at radius 2 is 1.79 bits per heavy atom. The maximum Gasteiger partial charge on any atom is 0.261 e. The summed E-state index contributed by atoms with van der Waals surface area (Å²) in [5.74, 6) is -0.0205. The fraction of sp³-hybridized carbons (Fsp3) is 0.318. The second kappa shape index (κ2) is 6.87. The summed E-state index contributed by atoms with van der Waals surface area (Å²) in [7, 11) is 0. The number of carbonyl (C=O) groups excluding carboxylic acids is 1. The molecule has 0 aliphatic carbocycles. The molecular weight excluding hydrogens is 352 g/mol. The highest BCUT2D eigenvalue weighted by Crippen LogP contribution is 2.24. The lowest BCUT2D eigenvalue weighted by molar-refractivity contribution is -0.139. The first kappa shape index (κ1) is 17.1. The molecule has 0 bridgehead atoms. The minimum atomic E-state index is -0.163. The third-order valence-corrected chi connectivity index (χ3v) is 5.93. The van der Waals surface area contributed by atoms with Crippen LogP contribution in [0.2, 0.25) is 0 Å². The number of nitrogens with zero attached hydrogens (tertiary/aromatic N) is 4. The third-order valence-electron chi connectivity index (χ3n) is 5.93. The van der Waals surface area contributed by atoms with E-state index in [1.807, 2.05) is 17.0 Å². The van der Waals surface area contributed by atoms with Gasteiger partial charge in [0.25, 0.3) is 5.56 Å². The molecule has 0 radical (unpaired) electrons. The summed E-state index contributed by atoms with van der Waals surface area (Å²) in [5, 5.41) is 0.547. The fourth-order valence-electron chi connectivity index (χ4n) is 4.18. The Balaban J connectivity index is 1.22. The molecule has 2 aromatic carbocycles. The van der Waals surface area contributed by atoms with Crippen LogP contribution in [-0.4, -0.2) is 50.9 Å². The van der Waals surface area contributed by atoms with Gasteiger partial charge >= 0.3 is 0 Å². The average molecular weight is 374 g/mol. The first-order chi connectivity index (χ1) is 13.7. The molecule has 0 saturated carbocycles. The predicted molar refractivity (Wildman–Crippen MR) is 107 cm³/mol. The second-order valence-electron chi connectivity index (χ2n) is 7.64. The molecular formula is C22H22N4O2. The molecule has 1 amide bonds. The molecule has 3 aromatic rings. The van der Waals surface area contributed by atoms with Gasteiger partial charge in [-0.3, -0.25) is 19.1 Å². The summed E-state index contributed by atoms with van der Waals surface area (Å²) in [6.07, 6.45) is 2.54. The van der Waals surface area contributed by atoms with Crippen LogP contribution in [0.25, 0.3) is 10.9 Å². The smallest absolute Gasteiger partial charge is 0.261 e. The van der Waals surface area contributed by atoms with Crippen molar-refractivity contribution in [2.75, 3.05) is 19.6 Å². The Labute approximate surface area is 163 Å². The van der Waals surface area contributed by atoms with Crippen LogP contribution in [0, 0.1) is 0 Å². The Bertz CT molecular complexity index is 1100. The van der Waals surface area contributed by atoms with Gasteiger partial charge in [-0.05, 0) is 29.7 Å². The van der Waals surface area contributed by atoms with Crippen LogP contribution < -0.4 is 5.56 Å². The maximum atomic E-state index is 12.6. The Hall–Kier alpha value is -2.99. The molecule has 0 atom stereocenters. The summed E-state index contributed by atoms with van der Waals surface area (Å²) >= 11 is 0. The molecule has 1 fully saturated rings. The fourth-order valence-corrected chi connectivity index (χ4v) is 4.18.